The molecule has 0 amide bonds. The smallest absolute Gasteiger partial charge is 0.145 e. The molecule has 0 bridgehead atoms. The number of para-hydroxylation sites is 1. The van der Waals surface area contributed by atoms with E-state index in [1.165, 1.54) is 51.5 Å². The molecule has 0 aliphatic heterocycles. The first-order valence-corrected chi connectivity index (χ1v) is 19.1. The van der Waals surface area contributed by atoms with Crippen LogP contribution in [0, 0.1) is 0 Å². The Morgan fingerprint density at radius 3 is 1.77 bits per heavy atom. The highest BCUT2D eigenvalue weighted by atomic mass is 32.1. The van der Waals surface area contributed by atoms with Crippen LogP contribution < -0.4 is 4.90 Å². The van der Waals surface area contributed by atoms with E-state index in [9.17, 15) is 0 Å². The van der Waals surface area contributed by atoms with Crippen LogP contribution in [0.25, 0.3) is 84.5 Å². The number of hydrogen-bond acceptors (Lipinski definition) is 4. The van der Waals surface area contributed by atoms with E-state index in [0.29, 0.717) is 0 Å². The lowest BCUT2D eigenvalue weighted by molar-refractivity contribution is 0.670. The summed E-state index contributed by atoms with van der Waals surface area (Å²) in [4.78, 5) is 2.44. The van der Waals surface area contributed by atoms with Crippen molar-refractivity contribution in [2.75, 3.05) is 4.90 Å². The standard InChI is InChI=1S/C48H29NOS2/c1-3-12-30(13-4-1)34-24-25-41(46-38-17-7-9-20-42(38)50-47(34)46)49(32-22-26-44-39(28-32)36-16-8-10-21-43(36)51-44)33-23-27-45-40(29-33)37-19-11-18-35(48(37)52-45)31-14-5-2-6-15-31/h1-29H. The van der Waals surface area contributed by atoms with E-state index in [4.69, 9.17) is 4.42 Å². The number of nitrogens with zero attached hydrogens (tertiary/aromatic N) is 1. The number of fused-ring (bicyclic) bond motifs is 9. The third kappa shape index (κ3) is 4.55. The van der Waals surface area contributed by atoms with Gasteiger partial charge in [-0.3, -0.25) is 0 Å². The van der Waals surface area contributed by atoms with Gasteiger partial charge in [0.1, 0.15) is 11.2 Å². The van der Waals surface area contributed by atoms with Crippen molar-refractivity contribution < 1.29 is 4.42 Å². The molecule has 0 unspecified atom stereocenters. The van der Waals surface area contributed by atoms with Crippen molar-refractivity contribution in [3.8, 4) is 22.3 Å². The SMILES string of the molecule is c1ccc(-c2ccc(N(c3ccc4sc5ccccc5c4c3)c3ccc4sc5c(-c6ccccc6)cccc5c4c3)c3c2oc2ccccc23)cc1. The van der Waals surface area contributed by atoms with Crippen LogP contribution in [0.1, 0.15) is 0 Å². The average Bonchev–Trinajstić information content (AvgIpc) is 3.90. The zero-order valence-corrected chi connectivity index (χ0v) is 29.5. The van der Waals surface area contributed by atoms with Crippen LogP contribution in [0.3, 0.4) is 0 Å². The molecule has 0 fully saturated rings. The molecule has 0 atom stereocenters. The lowest BCUT2D eigenvalue weighted by Gasteiger charge is -2.27. The van der Waals surface area contributed by atoms with Crippen molar-refractivity contribution in [2.24, 2.45) is 0 Å². The quantitative estimate of drug-likeness (QED) is 0.178. The van der Waals surface area contributed by atoms with Crippen LogP contribution in [0.4, 0.5) is 17.1 Å². The predicted molar refractivity (Wildman–Crippen MR) is 225 cm³/mol. The molecule has 0 spiro atoms. The zero-order chi connectivity index (χ0) is 34.2. The first-order chi connectivity index (χ1) is 25.8. The minimum Gasteiger partial charge on any atom is -0.455 e. The highest BCUT2D eigenvalue weighted by Crippen LogP contribution is 2.49. The van der Waals surface area contributed by atoms with E-state index >= 15 is 0 Å². The van der Waals surface area contributed by atoms with Crippen LogP contribution in [0.2, 0.25) is 0 Å². The van der Waals surface area contributed by atoms with Gasteiger partial charge in [0.25, 0.3) is 0 Å². The Labute approximate surface area is 308 Å². The van der Waals surface area contributed by atoms with Crippen molar-refractivity contribution in [3.05, 3.63) is 176 Å². The number of thiophene rings is 2. The van der Waals surface area contributed by atoms with Gasteiger partial charge in [-0.15, -0.1) is 22.7 Å². The maximum Gasteiger partial charge on any atom is 0.145 e. The number of benzene rings is 8. The monoisotopic (exact) mass is 699 g/mol. The Morgan fingerprint density at radius 2 is 1.00 bits per heavy atom. The van der Waals surface area contributed by atoms with E-state index in [1.54, 1.807) is 0 Å². The molecular formula is C48H29NOS2. The maximum absolute atomic E-state index is 6.76. The highest BCUT2D eigenvalue weighted by molar-refractivity contribution is 7.26. The molecule has 3 aromatic heterocycles. The van der Waals surface area contributed by atoms with Gasteiger partial charge in [-0.2, -0.15) is 0 Å². The Bertz CT molecular complexity index is 3130. The molecule has 0 aliphatic rings. The second-order valence-corrected chi connectivity index (χ2v) is 15.4. The molecular weight excluding hydrogens is 671 g/mol. The zero-order valence-electron chi connectivity index (χ0n) is 27.9. The molecule has 52 heavy (non-hydrogen) atoms. The second kappa shape index (κ2) is 11.7. The topological polar surface area (TPSA) is 16.4 Å². The van der Waals surface area contributed by atoms with E-state index in [2.05, 4.69) is 181 Å². The summed E-state index contributed by atoms with van der Waals surface area (Å²) in [6, 6.07) is 63.6. The summed E-state index contributed by atoms with van der Waals surface area (Å²) in [5.41, 5.74) is 9.82. The third-order valence-corrected chi connectivity index (χ3v) is 12.6. The molecule has 4 heteroatoms. The van der Waals surface area contributed by atoms with Crippen LogP contribution >= 0.6 is 22.7 Å². The van der Waals surface area contributed by atoms with Gasteiger partial charge in [-0.25, -0.2) is 0 Å². The first kappa shape index (κ1) is 29.5. The van der Waals surface area contributed by atoms with Crippen LogP contribution in [-0.4, -0.2) is 0 Å². The summed E-state index contributed by atoms with van der Waals surface area (Å²) in [5.74, 6) is 0. The van der Waals surface area contributed by atoms with Crippen molar-refractivity contribution in [2.45, 2.75) is 0 Å². The molecule has 244 valence electrons. The number of hydrogen-bond donors (Lipinski definition) is 0. The van der Waals surface area contributed by atoms with Gasteiger partial charge in [-0.05, 0) is 77.4 Å². The number of anilines is 3. The van der Waals surface area contributed by atoms with Crippen LogP contribution in [-0.2, 0) is 0 Å². The highest BCUT2D eigenvalue weighted by Gasteiger charge is 2.23. The van der Waals surface area contributed by atoms with Crippen molar-refractivity contribution in [1.29, 1.82) is 0 Å². The molecule has 0 radical (unpaired) electrons. The van der Waals surface area contributed by atoms with E-state index < -0.39 is 0 Å². The van der Waals surface area contributed by atoms with Gasteiger partial charge in [0.15, 0.2) is 0 Å². The molecule has 0 N–H and O–H groups in total. The minimum atomic E-state index is 0.883. The molecule has 0 saturated carbocycles. The summed E-state index contributed by atoms with van der Waals surface area (Å²) in [5, 5.41) is 7.31. The second-order valence-electron chi connectivity index (χ2n) is 13.2. The van der Waals surface area contributed by atoms with Gasteiger partial charge in [0.2, 0.25) is 0 Å². The largest absolute Gasteiger partial charge is 0.455 e. The lowest BCUT2D eigenvalue weighted by atomic mass is 9.99. The third-order valence-electron chi connectivity index (χ3n) is 10.3. The fourth-order valence-electron chi connectivity index (χ4n) is 7.89. The van der Waals surface area contributed by atoms with Crippen molar-refractivity contribution in [3.63, 3.8) is 0 Å². The van der Waals surface area contributed by atoms with Crippen LogP contribution in [0.5, 0.6) is 0 Å². The Hall–Kier alpha value is -6.20. The summed E-state index contributed by atoms with van der Waals surface area (Å²) in [6.45, 7) is 0. The first-order valence-electron chi connectivity index (χ1n) is 17.5. The van der Waals surface area contributed by atoms with Crippen molar-refractivity contribution >= 4 is 102 Å². The molecule has 0 saturated heterocycles. The number of rotatable bonds is 5. The minimum absolute atomic E-state index is 0.883. The lowest BCUT2D eigenvalue weighted by Crippen LogP contribution is -2.10. The molecule has 8 aromatic carbocycles. The summed E-state index contributed by atoms with van der Waals surface area (Å²) >= 11 is 3.72. The van der Waals surface area contributed by atoms with Gasteiger partial charge in [0.05, 0.1) is 11.1 Å². The Morgan fingerprint density at radius 1 is 0.404 bits per heavy atom. The fourth-order valence-corrected chi connectivity index (χ4v) is 10.2. The molecule has 2 nitrogen and oxygen atoms in total. The van der Waals surface area contributed by atoms with E-state index in [0.717, 1.165) is 50.1 Å². The summed E-state index contributed by atoms with van der Waals surface area (Å²) in [7, 11) is 0. The molecule has 3 heterocycles. The Balaban J connectivity index is 1.21. The van der Waals surface area contributed by atoms with E-state index in [-0.39, 0.29) is 0 Å². The van der Waals surface area contributed by atoms with Gasteiger partial charge < -0.3 is 9.32 Å². The summed E-state index contributed by atoms with van der Waals surface area (Å²) < 4.78 is 11.9. The molecule has 11 rings (SSSR count). The Kier molecular flexibility index (Phi) is 6.63. The van der Waals surface area contributed by atoms with Gasteiger partial charge in [-0.1, -0.05) is 115 Å². The molecule has 0 aliphatic carbocycles. The number of furan rings is 1. The fraction of sp³-hybridized carbons (Fsp3) is 0. The predicted octanol–water partition coefficient (Wildman–Crippen LogP) is 15.1. The average molecular weight is 700 g/mol. The van der Waals surface area contributed by atoms with Crippen LogP contribution in [0.15, 0.2) is 180 Å². The summed E-state index contributed by atoms with van der Waals surface area (Å²) in [6.07, 6.45) is 0. The molecule has 11 aromatic rings. The van der Waals surface area contributed by atoms with Crippen molar-refractivity contribution in [1.82, 2.24) is 0 Å². The normalized spacial score (nSPS) is 11.8. The van der Waals surface area contributed by atoms with Gasteiger partial charge >= 0.3 is 0 Å². The maximum atomic E-state index is 6.76. The van der Waals surface area contributed by atoms with E-state index in [1.807, 2.05) is 22.7 Å². The van der Waals surface area contributed by atoms with Gasteiger partial charge in [0, 0.05) is 62.7 Å².